The number of ether oxygens (including phenoxy) is 1. The Morgan fingerprint density at radius 3 is 3.14 bits per heavy atom. The Balaban J connectivity index is 1.62. The number of rotatable bonds is 3. The average molecular weight is 290 g/mol. The molecule has 1 aromatic rings. The van der Waals surface area contributed by atoms with E-state index in [-0.39, 0.29) is 6.23 Å². The normalized spacial score (nSPS) is 21.5. The highest BCUT2D eigenvalue weighted by Gasteiger charge is 2.26. The Bertz CT molecular complexity index is 518. The minimum absolute atomic E-state index is 0.305. The minimum atomic E-state index is -0.883. The van der Waals surface area contributed by atoms with Crippen molar-refractivity contribution in [2.45, 2.75) is 44.9 Å². The number of aryl methyl sites for hydroxylation is 1. The van der Waals surface area contributed by atoms with Crippen LogP contribution in [0.3, 0.4) is 0 Å². The molecule has 2 heterocycles. The first kappa shape index (κ1) is 14.2. The van der Waals surface area contributed by atoms with Crippen LogP contribution in [0, 0.1) is 0 Å². The summed E-state index contributed by atoms with van der Waals surface area (Å²) in [6, 6.07) is 6.36. The van der Waals surface area contributed by atoms with Crippen LogP contribution in [-0.2, 0) is 17.8 Å². The van der Waals surface area contributed by atoms with Gasteiger partial charge in [-0.25, -0.2) is 4.79 Å². The largest absolute Gasteiger partial charge is 0.465 e. The van der Waals surface area contributed by atoms with Crippen LogP contribution in [0.25, 0.3) is 0 Å². The van der Waals surface area contributed by atoms with E-state index in [4.69, 9.17) is 4.74 Å². The zero-order chi connectivity index (χ0) is 14.7. The standard InChI is InChI=1S/C16H22N2O3/c19-16(20)18-9-2-1-5-15(18)21-11-12-6-7-13-4-3-8-17-14(13)10-12/h6-7,10,15,17H,1-5,8-9,11H2,(H,19,20). The van der Waals surface area contributed by atoms with Crippen molar-refractivity contribution in [3.05, 3.63) is 29.3 Å². The van der Waals surface area contributed by atoms with Gasteiger partial charge in [-0.1, -0.05) is 12.1 Å². The molecule has 2 aliphatic heterocycles. The van der Waals surface area contributed by atoms with Crippen LogP contribution in [0.15, 0.2) is 18.2 Å². The van der Waals surface area contributed by atoms with Crippen molar-refractivity contribution in [3.8, 4) is 0 Å². The molecule has 1 saturated heterocycles. The Kier molecular flexibility index (Phi) is 4.29. The molecule has 0 aromatic heterocycles. The van der Waals surface area contributed by atoms with Crippen molar-refractivity contribution < 1.29 is 14.6 Å². The van der Waals surface area contributed by atoms with Gasteiger partial charge < -0.3 is 15.2 Å². The number of nitrogens with one attached hydrogen (secondary N) is 1. The average Bonchev–Trinajstić information content (AvgIpc) is 2.53. The molecule has 1 fully saturated rings. The van der Waals surface area contributed by atoms with Crippen LogP contribution >= 0.6 is 0 Å². The van der Waals surface area contributed by atoms with Crippen molar-refractivity contribution in [3.63, 3.8) is 0 Å². The number of carboxylic acid groups (broad SMARTS) is 1. The number of hydrogen-bond donors (Lipinski definition) is 2. The highest BCUT2D eigenvalue weighted by Crippen LogP contribution is 2.25. The molecule has 5 heteroatoms. The molecule has 1 aromatic carbocycles. The van der Waals surface area contributed by atoms with Crippen molar-refractivity contribution in [1.29, 1.82) is 0 Å². The molecule has 0 bridgehead atoms. The topological polar surface area (TPSA) is 61.8 Å². The molecular formula is C16H22N2O3. The van der Waals surface area contributed by atoms with Crippen LogP contribution in [0.1, 0.15) is 36.8 Å². The van der Waals surface area contributed by atoms with Crippen molar-refractivity contribution in [2.24, 2.45) is 0 Å². The third-order valence-corrected chi connectivity index (χ3v) is 4.25. The second kappa shape index (κ2) is 6.35. The summed E-state index contributed by atoms with van der Waals surface area (Å²) >= 11 is 0. The fourth-order valence-electron chi connectivity index (χ4n) is 3.08. The van der Waals surface area contributed by atoms with Gasteiger partial charge in [0.2, 0.25) is 0 Å². The van der Waals surface area contributed by atoms with Crippen molar-refractivity contribution in [1.82, 2.24) is 4.90 Å². The van der Waals surface area contributed by atoms with Gasteiger partial charge in [-0.05, 0) is 49.3 Å². The van der Waals surface area contributed by atoms with E-state index >= 15 is 0 Å². The fourth-order valence-corrected chi connectivity index (χ4v) is 3.08. The molecule has 114 valence electrons. The van der Waals surface area contributed by atoms with Gasteiger partial charge in [0.25, 0.3) is 0 Å². The SMILES string of the molecule is O=C(O)N1CCCCC1OCc1ccc2c(c1)NCCC2. The van der Waals surface area contributed by atoms with E-state index in [9.17, 15) is 9.90 Å². The number of nitrogens with zero attached hydrogens (tertiary/aromatic N) is 1. The van der Waals surface area contributed by atoms with E-state index in [2.05, 4.69) is 23.5 Å². The molecule has 21 heavy (non-hydrogen) atoms. The summed E-state index contributed by atoms with van der Waals surface area (Å²) in [7, 11) is 0. The van der Waals surface area contributed by atoms with Gasteiger partial charge in [-0.3, -0.25) is 4.90 Å². The molecule has 1 unspecified atom stereocenters. The smallest absolute Gasteiger partial charge is 0.409 e. The number of piperidine rings is 1. The maximum Gasteiger partial charge on any atom is 0.409 e. The Hall–Kier alpha value is -1.75. The quantitative estimate of drug-likeness (QED) is 0.898. The molecular weight excluding hydrogens is 268 g/mol. The summed E-state index contributed by atoms with van der Waals surface area (Å²) in [5.41, 5.74) is 3.65. The molecule has 0 saturated carbocycles. The molecule has 0 radical (unpaired) electrons. The van der Waals surface area contributed by atoms with Crippen molar-refractivity contribution in [2.75, 3.05) is 18.4 Å². The van der Waals surface area contributed by atoms with Gasteiger partial charge in [0.1, 0.15) is 6.23 Å². The zero-order valence-electron chi connectivity index (χ0n) is 12.2. The van der Waals surface area contributed by atoms with E-state index in [1.807, 2.05) is 0 Å². The summed E-state index contributed by atoms with van der Waals surface area (Å²) in [6.45, 7) is 2.06. The monoisotopic (exact) mass is 290 g/mol. The van der Waals surface area contributed by atoms with E-state index in [1.165, 1.54) is 22.6 Å². The van der Waals surface area contributed by atoms with E-state index < -0.39 is 6.09 Å². The first-order valence-electron chi connectivity index (χ1n) is 7.71. The lowest BCUT2D eigenvalue weighted by Crippen LogP contribution is -2.44. The number of anilines is 1. The van der Waals surface area contributed by atoms with E-state index in [0.717, 1.165) is 37.8 Å². The lowest BCUT2D eigenvalue weighted by molar-refractivity contribution is -0.0745. The first-order valence-corrected chi connectivity index (χ1v) is 7.71. The Morgan fingerprint density at radius 1 is 1.38 bits per heavy atom. The number of fused-ring (bicyclic) bond motifs is 1. The highest BCUT2D eigenvalue weighted by atomic mass is 16.5. The fraction of sp³-hybridized carbons (Fsp3) is 0.562. The highest BCUT2D eigenvalue weighted by molar-refractivity contribution is 5.65. The molecule has 0 spiro atoms. The van der Waals surface area contributed by atoms with Gasteiger partial charge in [0.05, 0.1) is 6.61 Å². The van der Waals surface area contributed by atoms with Gasteiger partial charge in [-0.2, -0.15) is 0 Å². The summed E-state index contributed by atoms with van der Waals surface area (Å²) in [6.07, 6.45) is 3.86. The van der Waals surface area contributed by atoms with Crippen molar-refractivity contribution >= 4 is 11.8 Å². The van der Waals surface area contributed by atoms with E-state index in [1.54, 1.807) is 0 Å². The van der Waals surface area contributed by atoms with Crippen LogP contribution in [-0.4, -0.2) is 35.4 Å². The maximum atomic E-state index is 11.2. The van der Waals surface area contributed by atoms with E-state index in [0.29, 0.717) is 13.2 Å². The predicted molar refractivity (Wildman–Crippen MR) is 80.4 cm³/mol. The number of carbonyl (C=O) groups is 1. The summed E-state index contributed by atoms with van der Waals surface area (Å²) in [5.74, 6) is 0. The molecule has 2 N–H and O–H groups in total. The Morgan fingerprint density at radius 2 is 2.29 bits per heavy atom. The van der Waals surface area contributed by atoms with Crippen LogP contribution in [0.4, 0.5) is 10.5 Å². The first-order chi connectivity index (χ1) is 10.2. The minimum Gasteiger partial charge on any atom is -0.465 e. The second-order valence-corrected chi connectivity index (χ2v) is 5.76. The van der Waals surface area contributed by atoms with Crippen LogP contribution < -0.4 is 5.32 Å². The maximum absolute atomic E-state index is 11.2. The lowest BCUT2D eigenvalue weighted by atomic mass is 10.0. The van der Waals surface area contributed by atoms with Gasteiger partial charge in [0.15, 0.2) is 0 Å². The number of hydrogen-bond acceptors (Lipinski definition) is 3. The summed E-state index contributed by atoms with van der Waals surface area (Å²) in [4.78, 5) is 12.6. The summed E-state index contributed by atoms with van der Waals surface area (Å²) in [5, 5.41) is 12.6. The molecule has 1 atom stereocenters. The van der Waals surface area contributed by atoms with Crippen LogP contribution in [0.5, 0.6) is 0 Å². The van der Waals surface area contributed by atoms with Gasteiger partial charge in [0, 0.05) is 18.8 Å². The van der Waals surface area contributed by atoms with Crippen LogP contribution in [0.2, 0.25) is 0 Å². The Labute approximate surface area is 124 Å². The number of benzene rings is 1. The van der Waals surface area contributed by atoms with Gasteiger partial charge in [-0.15, -0.1) is 0 Å². The predicted octanol–water partition coefficient (Wildman–Crippen LogP) is 3.05. The third-order valence-electron chi connectivity index (χ3n) is 4.25. The molecule has 3 rings (SSSR count). The molecule has 0 aliphatic carbocycles. The molecule has 2 aliphatic rings. The summed E-state index contributed by atoms with van der Waals surface area (Å²) < 4.78 is 5.85. The number of amides is 1. The van der Waals surface area contributed by atoms with Gasteiger partial charge >= 0.3 is 6.09 Å². The molecule has 5 nitrogen and oxygen atoms in total. The second-order valence-electron chi connectivity index (χ2n) is 5.76. The number of likely N-dealkylation sites (tertiary alicyclic amines) is 1. The lowest BCUT2D eigenvalue weighted by Gasteiger charge is -2.33. The molecule has 1 amide bonds. The zero-order valence-corrected chi connectivity index (χ0v) is 12.2. The third kappa shape index (κ3) is 3.29.